The Labute approximate surface area is 197 Å². The van der Waals surface area contributed by atoms with E-state index >= 15 is 0 Å². The number of aromatic hydroxyl groups is 1. The highest BCUT2D eigenvalue weighted by Gasteiger charge is 2.33. The van der Waals surface area contributed by atoms with Gasteiger partial charge in [-0.25, -0.2) is 9.59 Å². The average molecular weight is 487 g/mol. The summed E-state index contributed by atoms with van der Waals surface area (Å²) >= 11 is 0. The van der Waals surface area contributed by atoms with Crippen LogP contribution in [0.5, 0.6) is 11.5 Å². The van der Waals surface area contributed by atoms with Gasteiger partial charge in [-0.2, -0.15) is 0 Å². The number of phenolic OH excluding ortho intramolecular Hbond substituents is 1. The molecule has 0 fully saturated rings. The Hall–Kier alpha value is -4.21. The molecule has 0 heterocycles. The molecule has 35 heavy (non-hydrogen) atoms. The Balaban J connectivity index is 1.43. The van der Waals surface area contributed by atoms with Gasteiger partial charge in [0.2, 0.25) is 0 Å². The quantitative estimate of drug-likeness (QED) is 0.441. The summed E-state index contributed by atoms with van der Waals surface area (Å²) in [5.41, 5.74) is 4.12. The standard InChI is InChI=1S/C25H20F3NO6/c26-25(27,28)35-22-12-14(9-10-21(22)30)11-20(23(31)32)29-24(33)34-13-19-17-7-3-1-5-15(17)16-6-2-4-8-18(16)19/h1-10,12,19-20,30H,11,13H2,(H,29,33)(H,31,32). The molecule has 0 spiro atoms. The van der Waals surface area contributed by atoms with Gasteiger partial charge in [-0.1, -0.05) is 54.6 Å². The molecule has 1 atom stereocenters. The Morgan fingerprint density at radius 2 is 1.57 bits per heavy atom. The second kappa shape index (κ2) is 9.57. The molecule has 7 nitrogen and oxygen atoms in total. The van der Waals surface area contributed by atoms with Gasteiger partial charge in [0.1, 0.15) is 12.6 Å². The number of hydrogen-bond acceptors (Lipinski definition) is 5. The van der Waals surface area contributed by atoms with Crippen LogP contribution in [0, 0.1) is 0 Å². The summed E-state index contributed by atoms with van der Waals surface area (Å²) in [5, 5.41) is 21.3. The van der Waals surface area contributed by atoms with Gasteiger partial charge in [0, 0.05) is 12.3 Å². The number of alkyl halides is 3. The number of carbonyl (C=O) groups excluding carboxylic acids is 1. The molecule has 10 heteroatoms. The Bertz CT molecular complexity index is 1210. The van der Waals surface area contributed by atoms with Gasteiger partial charge in [-0.05, 0) is 39.9 Å². The van der Waals surface area contributed by atoms with Crippen molar-refractivity contribution >= 4 is 12.1 Å². The lowest BCUT2D eigenvalue weighted by Crippen LogP contribution is -2.42. The van der Waals surface area contributed by atoms with Crippen LogP contribution in [0.2, 0.25) is 0 Å². The van der Waals surface area contributed by atoms with E-state index in [1.807, 2.05) is 48.5 Å². The largest absolute Gasteiger partial charge is 0.573 e. The highest BCUT2D eigenvalue weighted by atomic mass is 19.4. The van der Waals surface area contributed by atoms with Crippen molar-refractivity contribution in [3.8, 4) is 22.6 Å². The first-order valence-corrected chi connectivity index (χ1v) is 10.5. The normalized spacial score (nSPS) is 13.5. The van der Waals surface area contributed by atoms with Crippen LogP contribution in [0.3, 0.4) is 0 Å². The van der Waals surface area contributed by atoms with Crippen LogP contribution in [-0.4, -0.2) is 41.3 Å². The van der Waals surface area contributed by atoms with Gasteiger partial charge >= 0.3 is 18.4 Å². The van der Waals surface area contributed by atoms with Gasteiger partial charge < -0.3 is 25.0 Å². The van der Waals surface area contributed by atoms with E-state index in [1.54, 1.807) is 0 Å². The number of nitrogens with one attached hydrogen (secondary N) is 1. The Morgan fingerprint density at radius 3 is 2.14 bits per heavy atom. The van der Waals surface area contributed by atoms with Gasteiger partial charge in [0.25, 0.3) is 0 Å². The van der Waals surface area contributed by atoms with Crippen molar-refractivity contribution in [3.63, 3.8) is 0 Å². The third-order valence-corrected chi connectivity index (χ3v) is 5.62. The van der Waals surface area contributed by atoms with E-state index in [1.165, 1.54) is 6.07 Å². The van der Waals surface area contributed by atoms with Crippen LogP contribution in [0.4, 0.5) is 18.0 Å². The highest BCUT2D eigenvalue weighted by Crippen LogP contribution is 2.44. The van der Waals surface area contributed by atoms with Crippen LogP contribution >= 0.6 is 0 Å². The molecule has 1 amide bonds. The van der Waals surface area contributed by atoms with E-state index in [2.05, 4.69) is 10.1 Å². The monoisotopic (exact) mass is 487 g/mol. The summed E-state index contributed by atoms with van der Waals surface area (Å²) < 4.78 is 46.6. The van der Waals surface area contributed by atoms with Crippen molar-refractivity contribution < 1.29 is 42.4 Å². The number of ether oxygens (including phenoxy) is 2. The fraction of sp³-hybridized carbons (Fsp3) is 0.200. The van der Waals surface area contributed by atoms with E-state index in [4.69, 9.17) is 4.74 Å². The summed E-state index contributed by atoms with van der Waals surface area (Å²) in [6.45, 7) is -0.0328. The molecule has 1 aliphatic carbocycles. The summed E-state index contributed by atoms with van der Waals surface area (Å²) in [4.78, 5) is 24.1. The molecule has 0 aromatic heterocycles. The van der Waals surface area contributed by atoms with Crippen LogP contribution < -0.4 is 10.1 Å². The summed E-state index contributed by atoms with van der Waals surface area (Å²) in [5.74, 6) is -3.27. The third-order valence-electron chi connectivity index (χ3n) is 5.62. The van der Waals surface area contributed by atoms with E-state index < -0.39 is 36.0 Å². The topological polar surface area (TPSA) is 105 Å². The summed E-state index contributed by atoms with van der Waals surface area (Å²) in [6, 6.07) is 17.0. The van der Waals surface area contributed by atoms with E-state index in [0.29, 0.717) is 0 Å². The van der Waals surface area contributed by atoms with Crippen molar-refractivity contribution in [2.45, 2.75) is 24.7 Å². The predicted molar refractivity (Wildman–Crippen MR) is 118 cm³/mol. The lowest BCUT2D eigenvalue weighted by atomic mass is 9.98. The van der Waals surface area contributed by atoms with Gasteiger partial charge in [-0.15, -0.1) is 13.2 Å². The first-order valence-electron chi connectivity index (χ1n) is 10.5. The van der Waals surface area contributed by atoms with Crippen molar-refractivity contribution in [2.75, 3.05) is 6.61 Å². The molecule has 182 valence electrons. The molecule has 0 saturated carbocycles. The molecule has 0 bridgehead atoms. The number of carboxylic acid groups (broad SMARTS) is 1. The van der Waals surface area contributed by atoms with E-state index in [0.717, 1.165) is 34.4 Å². The molecule has 1 aliphatic rings. The zero-order chi connectivity index (χ0) is 25.2. The molecule has 1 unspecified atom stereocenters. The Morgan fingerprint density at radius 1 is 0.971 bits per heavy atom. The predicted octanol–water partition coefficient (Wildman–Crippen LogP) is 4.83. The van der Waals surface area contributed by atoms with Crippen LogP contribution in [0.25, 0.3) is 11.1 Å². The number of aliphatic carboxylic acids is 1. The molecule has 4 rings (SSSR count). The summed E-state index contributed by atoms with van der Waals surface area (Å²) in [6.07, 6.45) is -6.39. The molecular formula is C25H20F3NO6. The second-order valence-corrected chi connectivity index (χ2v) is 7.91. The summed E-state index contributed by atoms with van der Waals surface area (Å²) in [7, 11) is 0. The van der Waals surface area contributed by atoms with Crippen molar-refractivity contribution in [2.24, 2.45) is 0 Å². The SMILES string of the molecule is O=C(NC(Cc1ccc(O)c(OC(F)(F)F)c1)C(=O)O)OCC1c2ccccc2-c2ccccc21. The number of hydrogen-bond donors (Lipinski definition) is 3. The lowest BCUT2D eigenvalue weighted by Gasteiger charge is -2.18. The number of rotatable bonds is 7. The van der Waals surface area contributed by atoms with Gasteiger partial charge in [0.05, 0.1) is 0 Å². The number of halogens is 3. The molecule has 3 N–H and O–H groups in total. The van der Waals surface area contributed by atoms with Crippen LogP contribution in [-0.2, 0) is 16.0 Å². The highest BCUT2D eigenvalue weighted by molar-refractivity contribution is 5.81. The lowest BCUT2D eigenvalue weighted by molar-refractivity contribution is -0.275. The molecular weight excluding hydrogens is 467 g/mol. The van der Waals surface area contributed by atoms with E-state index in [9.17, 15) is 33.0 Å². The zero-order valence-electron chi connectivity index (χ0n) is 18.1. The van der Waals surface area contributed by atoms with Crippen LogP contribution in [0.1, 0.15) is 22.6 Å². The zero-order valence-corrected chi connectivity index (χ0v) is 18.1. The number of fused-ring (bicyclic) bond motifs is 3. The van der Waals surface area contributed by atoms with Gasteiger partial charge in [0.15, 0.2) is 11.5 Å². The molecule has 3 aromatic rings. The minimum Gasteiger partial charge on any atom is -0.504 e. The molecule has 3 aromatic carbocycles. The average Bonchev–Trinajstić information content (AvgIpc) is 3.12. The maximum atomic E-state index is 12.5. The minimum atomic E-state index is -5.04. The molecule has 0 aliphatic heterocycles. The van der Waals surface area contributed by atoms with Crippen LogP contribution in [0.15, 0.2) is 66.7 Å². The number of carbonyl (C=O) groups is 2. The fourth-order valence-corrected chi connectivity index (χ4v) is 4.11. The maximum Gasteiger partial charge on any atom is 0.573 e. The van der Waals surface area contributed by atoms with Crippen molar-refractivity contribution in [1.29, 1.82) is 0 Å². The number of phenols is 1. The number of alkyl carbamates (subject to hydrolysis) is 1. The van der Waals surface area contributed by atoms with Crippen molar-refractivity contribution in [1.82, 2.24) is 5.32 Å². The fourth-order valence-electron chi connectivity index (χ4n) is 4.11. The second-order valence-electron chi connectivity index (χ2n) is 7.91. The minimum absolute atomic E-state index is 0.0328. The molecule has 0 saturated heterocycles. The maximum absolute atomic E-state index is 12.5. The van der Waals surface area contributed by atoms with E-state index in [-0.39, 0.29) is 24.5 Å². The first kappa shape index (κ1) is 23.9. The number of carboxylic acids is 1. The van der Waals surface area contributed by atoms with Gasteiger partial charge in [-0.3, -0.25) is 0 Å². The molecule has 0 radical (unpaired) electrons. The van der Waals surface area contributed by atoms with Crippen molar-refractivity contribution in [3.05, 3.63) is 83.4 Å². The Kier molecular flexibility index (Phi) is 6.54. The number of amides is 1. The third kappa shape index (κ3) is 5.48. The number of benzene rings is 3. The first-order chi connectivity index (χ1) is 16.6. The smallest absolute Gasteiger partial charge is 0.504 e.